The number of alkyl halides is 6. The molecule has 172 valence electrons. The Kier molecular flexibility index (Phi) is 5.29. The van der Waals surface area contributed by atoms with Gasteiger partial charge in [-0.3, -0.25) is 4.79 Å². The van der Waals surface area contributed by atoms with Gasteiger partial charge >= 0.3 is 12.4 Å². The minimum absolute atomic E-state index is 0.0232. The van der Waals surface area contributed by atoms with Crippen molar-refractivity contribution in [3.05, 3.63) is 51.8 Å². The van der Waals surface area contributed by atoms with E-state index in [0.29, 0.717) is 35.3 Å². The summed E-state index contributed by atoms with van der Waals surface area (Å²) >= 11 is 0. The minimum Gasteiger partial charge on any atom is -0.501 e. The topological polar surface area (TPSA) is 41.6 Å². The normalized spacial score (nSPS) is 20.8. The minimum atomic E-state index is -4.77. The predicted octanol–water partition coefficient (Wildman–Crippen LogP) is 5.60. The first-order valence-electron chi connectivity index (χ1n) is 9.91. The third-order valence-corrected chi connectivity index (χ3v) is 6.04. The number of hydrogen-bond acceptors (Lipinski definition) is 3. The van der Waals surface area contributed by atoms with E-state index in [2.05, 4.69) is 5.32 Å². The van der Waals surface area contributed by atoms with Crippen LogP contribution in [0.2, 0.25) is 0 Å². The smallest absolute Gasteiger partial charge is 0.418 e. The molecule has 2 aliphatic heterocycles. The number of halogens is 6. The largest absolute Gasteiger partial charge is 0.501 e. The molecule has 0 spiro atoms. The molecule has 1 amide bonds. The molecule has 2 heterocycles. The first kappa shape index (κ1) is 22.3. The van der Waals surface area contributed by atoms with Crippen molar-refractivity contribution < 1.29 is 35.9 Å². The summed E-state index contributed by atoms with van der Waals surface area (Å²) in [5.41, 5.74) is 0.169. The molecule has 0 saturated carbocycles. The maximum Gasteiger partial charge on any atom is 0.418 e. The zero-order valence-corrected chi connectivity index (χ0v) is 17.2. The molecule has 1 aromatic rings. The van der Waals surface area contributed by atoms with E-state index in [1.165, 1.54) is 25.1 Å². The van der Waals surface area contributed by atoms with E-state index in [1.807, 2.05) is 0 Å². The molecule has 1 aromatic carbocycles. The average Bonchev–Trinajstić information content (AvgIpc) is 3.09. The molecule has 4 rings (SSSR count). The summed E-state index contributed by atoms with van der Waals surface area (Å²) in [6, 6.07) is -0.371. The van der Waals surface area contributed by atoms with Crippen LogP contribution in [-0.4, -0.2) is 32.3 Å². The molecule has 0 fully saturated rings. The van der Waals surface area contributed by atoms with Crippen molar-refractivity contribution >= 4 is 23.4 Å². The van der Waals surface area contributed by atoms with Crippen molar-refractivity contribution in [3.63, 3.8) is 0 Å². The number of nitrogens with zero attached hydrogens (tertiary/aromatic N) is 1. The van der Waals surface area contributed by atoms with Crippen LogP contribution >= 0.6 is 0 Å². The van der Waals surface area contributed by atoms with Crippen molar-refractivity contribution in [2.75, 3.05) is 24.4 Å². The van der Waals surface area contributed by atoms with Gasteiger partial charge in [-0.15, -0.1) is 0 Å². The van der Waals surface area contributed by atoms with Gasteiger partial charge in [0, 0.05) is 24.7 Å². The fourth-order valence-electron chi connectivity index (χ4n) is 4.52. The highest BCUT2D eigenvalue weighted by Crippen LogP contribution is 2.49. The van der Waals surface area contributed by atoms with Crippen LogP contribution in [0.25, 0.3) is 6.08 Å². The molecule has 1 atom stereocenters. The SMILES string of the molecule is COC1=CC=C(C2=Cc3c(cc(C(F)(F)F)c4c3CC(=O)N4)N(C)C2CC(F)(F)F)CC1. The second-order valence-electron chi connectivity index (χ2n) is 8.01. The van der Waals surface area contributed by atoms with E-state index in [9.17, 15) is 31.1 Å². The van der Waals surface area contributed by atoms with Crippen LogP contribution in [0.4, 0.5) is 37.7 Å². The number of rotatable bonds is 3. The van der Waals surface area contributed by atoms with Crippen LogP contribution in [0.5, 0.6) is 0 Å². The number of likely N-dealkylation sites (N-methyl/N-ethyl adjacent to an activating group) is 1. The van der Waals surface area contributed by atoms with Gasteiger partial charge in [-0.2, -0.15) is 26.3 Å². The van der Waals surface area contributed by atoms with Gasteiger partial charge in [0.05, 0.1) is 43.0 Å². The van der Waals surface area contributed by atoms with Gasteiger partial charge in [-0.25, -0.2) is 0 Å². The number of amides is 1. The van der Waals surface area contributed by atoms with E-state index in [1.54, 1.807) is 12.2 Å². The van der Waals surface area contributed by atoms with Crippen molar-refractivity contribution in [1.82, 2.24) is 0 Å². The van der Waals surface area contributed by atoms with Crippen LogP contribution in [0, 0.1) is 0 Å². The predicted molar refractivity (Wildman–Crippen MR) is 107 cm³/mol. The van der Waals surface area contributed by atoms with Crippen molar-refractivity contribution in [2.24, 2.45) is 0 Å². The first-order chi connectivity index (χ1) is 14.9. The molecule has 1 aliphatic carbocycles. The van der Waals surface area contributed by atoms with Gasteiger partial charge in [-0.1, -0.05) is 6.08 Å². The fourth-order valence-corrected chi connectivity index (χ4v) is 4.52. The zero-order chi connectivity index (χ0) is 23.4. The molecule has 4 nitrogen and oxygen atoms in total. The highest BCUT2D eigenvalue weighted by atomic mass is 19.4. The van der Waals surface area contributed by atoms with E-state index in [-0.39, 0.29) is 23.4 Å². The van der Waals surface area contributed by atoms with E-state index in [4.69, 9.17) is 4.74 Å². The van der Waals surface area contributed by atoms with Gasteiger partial charge in [0.1, 0.15) is 0 Å². The van der Waals surface area contributed by atoms with Crippen LogP contribution in [-0.2, 0) is 22.1 Å². The van der Waals surface area contributed by atoms with Crippen molar-refractivity contribution in [2.45, 2.75) is 44.1 Å². The molecule has 1 unspecified atom stereocenters. The number of carbonyl (C=O) groups excluding carboxylic acids is 1. The maximum absolute atomic E-state index is 13.7. The quantitative estimate of drug-likeness (QED) is 0.600. The van der Waals surface area contributed by atoms with Crippen LogP contribution in [0.15, 0.2) is 35.1 Å². The van der Waals surface area contributed by atoms with E-state index in [0.717, 1.165) is 6.07 Å². The van der Waals surface area contributed by atoms with Gasteiger partial charge in [0.25, 0.3) is 0 Å². The third kappa shape index (κ3) is 3.98. The molecule has 0 aromatic heterocycles. The second-order valence-corrected chi connectivity index (χ2v) is 8.01. The highest BCUT2D eigenvalue weighted by Gasteiger charge is 2.43. The molecule has 32 heavy (non-hydrogen) atoms. The Balaban J connectivity index is 1.93. The number of fused-ring (bicyclic) bond motifs is 3. The average molecular weight is 458 g/mol. The third-order valence-electron chi connectivity index (χ3n) is 6.04. The lowest BCUT2D eigenvalue weighted by molar-refractivity contribution is -0.138. The number of nitrogens with one attached hydrogen (secondary N) is 1. The molecule has 10 heteroatoms. The summed E-state index contributed by atoms with van der Waals surface area (Å²) in [5, 5.41) is 2.27. The lowest BCUT2D eigenvalue weighted by atomic mass is 9.83. The number of allylic oxidation sites excluding steroid dienone is 3. The summed E-state index contributed by atoms with van der Waals surface area (Å²) in [4.78, 5) is 13.2. The molecule has 0 radical (unpaired) electrons. The standard InChI is InChI=1S/C22H20F6N2O2/c1-30-17-9-16(22(26,27)28)20-15(8-19(31)29-20)14(17)7-13(18(30)10-21(23,24)25)11-3-5-12(32-2)6-4-11/h3,5,7,9,18H,4,6,8,10H2,1-2H3,(H,29,31). The van der Waals surface area contributed by atoms with Gasteiger partial charge in [0.15, 0.2) is 0 Å². The summed E-state index contributed by atoms with van der Waals surface area (Å²) in [5.74, 6) is 0.107. The number of benzene rings is 1. The molecule has 3 aliphatic rings. The van der Waals surface area contributed by atoms with Crippen molar-refractivity contribution in [3.8, 4) is 0 Å². The summed E-state index contributed by atoms with van der Waals surface area (Å²) in [6.45, 7) is 0. The molecule has 0 bridgehead atoms. The summed E-state index contributed by atoms with van der Waals surface area (Å²) in [7, 11) is 2.87. The van der Waals surface area contributed by atoms with Crippen LogP contribution in [0.1, 0.15) is 36.0 Å². The summed E-state index contributed by atoms with van der Waals surface area (Å²) < 4.78 is 86.6. The van der Waals surface area contributed by atoms with Crippen LogP contribution in [0.3, 0.4) is 0 Å². The number of hydrogen-bond donors (Lipinski definition) is 1. The molecular formula is C22H20F6N2O2. The highest BCUT2D eigenvalue weighted by molar-refractivity contribution is 6.03. The number of methoxy groups -OCH3 is 1. The molecule has 0 saturated heterocycles. The van der Waals surface area contributed by atoms with E-state index >= 15 is 0 Å². The number of carbonyl (C=O) groups is 1. The zero-order valence-electron chi connectivity index (χ0n) is 17.2. The Hall–Kier alpha value is -2.91. The lowest BCUT2D eigenvalue weighted by Crippen LogP contribution is -2.40. The van der Waals surface area contributed by atoms with Gasteiger partial charge in [-0.05, 0) is 41.3 Å². The summed E-state index contributed by atoms with van der Waals surface area (Å²) in [6.07, 6.45) is -4.97. The molecule has 1 N–H and O–H groups in total. The fraction of sp³-hybridized carbons (Fsp3) is 0.409. The Morgan fingerprint density at radius 2 is 1.88 bits per heavy atom. The van der Waals surface area contributed by atoms with Crippen LogP contribution < -0.4 is 10.2 Å². The van der Waals surface area contributed by atoms with E-state index < -0.39 is 36.3 Å². The number of anilines is 2. The maximum atomic E-state index is 13.7. The van der Waals surface area contributed by atoms with Gasteiger partial charge < -0.3 is 15.0 Å². The number of ether oxygens (including phenoxy) is 1. The Bertz CT molecular complexity index is 1070. The van der Waals surface area contributed by atoms with Gasteiger partial charge in [0.2, 0.25) is 5.91 Å². The first-order valence-corrected chi connectivity index (χ1v) is 9.91. The Labute approximate surface area is 180 Å². The lowest BCUT2D eigenvalue weighted by Gasteiger charge is -2.39. The Morgan fingerprint density at radius 3 is 2.44 bits per heavy atom. The monoisotopic (exact) mass is 458 g/mol. The second kappa shape index (κ2) is 7.60. The molecular weight excluding hydrogens is 438 g/mol. The Morgan fingerprint density at radius 1 is 1.16 bits per heavy atom. The van der Waals surface area contributed by atoms with Crippen molar-refractivity contribution in [1.29, 1.82) is 0 Å².